The molecule has 0 spiro atoms. The van der Waals surface area contributed by atoms with Crippen molar-refractivity contribution in [3.8, 4) is 0 Å². The number of rotatable bonds is 6. The van der Waals surface area contributed by atoms with E-state index >= 15 is 0 Å². The van der Waals surface area contributed by atoms with E-state index in [4.69, 9.17) is 14.2 Å². The number of ether oxygens (including phenoxy) is 3. The zero-order valence-electron chi connectivity index (χ0n) is 13.1. The Morgan fingerprint density at radius 3 is 2.83 bits per heavy atom. The van der Waals surface area contributed by atoms with Gasteiger partial charge in [-0.1, -0.05) is 30.3 Å². The molecule has 126 valence electrons. The number of esters is 1. The summed E-state index contributed by atoms with van der Waals surface area (Å²) in [6, 6.07) is 8.52. The van der Waals surface area contributed by atoms with Gasteiger partial charge in [0.15, 0.2) is 0 Å². The summed E-state index contributed by atoms with van der Waals surface area (Å²) >= 11 is 0. The first-order valence-electron chi connectivity index (χ1n) is 7.56. The Hall–Kier alpha value is -2.12. The van der Waals surface area contributed by atoms with Crippen molar-refractivity contribution in [2.45, 2.75) is 25.2 Å². The van der Waals surface area contributed by atoms with E-state index < -0.39 is 18.1 Å². The summed E-state index contributed by atoms with van der Waals surface area (Å²) in [5.41, 5.74) is 0.872. The quantitative estimate of drug-likeness (QED) is 0.755. The topological polar surface area (TPSA) is 85.9 Å². The Morgan fingerprint density at radius 2 is 2.17 bits per heavy atom. The van der Waals surface area contributed by atoms with Crippen LogP contribution in [0.3, 0.4) is 0 Å². The largest absolute Gasteiger partial charge is 0.467 e. The van der Waals surface area contributed by atoms with Crippen LogP contribution in [-0.4, -0.2) is 51.0 Å². The van der Waals surface area contributed by atoms with Gasteiger partial charge in [-0.15, -0.1) is 0 Å². The molecule has 0 bridgehead atoms. The summed E-state index contributed by atoms with van der Waals surface area (Å²) in [6.45, 7) is 2.14. The van der Waals surface area contributed by atoms with E-state index in [9.17, 15) is 9.59 Å². The summed E-state index contributed by atoms with van der Waals surface area (Å²) in [5, 5.41) is 5.72. The van der Waals surface area contributed by atoms with Gasteiger partial charge in [0.1, 0.15) is 12.6 Å². The van der Waals surface area contributed by atoms with Crippen molar-refractivity contribution in [2.75, 3.05) is 26.8 Å². The average Bonchev–Trinajstić information content (AvgIpc) is 2.60. The van der Waals surface area contributed by atoms with Gasteiger partial charge in [0.25, 0.3) is 0 Å². The third kappa shape index (κ3) is 5.88. The fraction of sp³-hybridized carbons (Fsp3) is 0.500. The molecule has 2 unspecified atom stereocenters. The number of carbonyl (C=O) groups excluding carboxylic acids is 2. The van der Waals surface area contributed by atoms with Crippen LogP contribution >= 0.6 is 0 Å². The molecule has 0 aliphatic carbocycles. The number of amides is 1. The average molecular weight is 322 g/mol. The third-order valence-corrected chi connectivity index (χ3v) is 3.49. The maximum absolute atomic E-state index is 11.9. The Bertz CT molecular complexity index is 502. The molecule has 1 aromatic carbocycles. The molecule has 1 amide bonds. The van der Waals surface area contributed by atoms with Crippen molar-refractivity contribution in [3.63, 3.8) is 0 Å². The normalized spacial score (nSPS) is 18.7. The maximum atomic E-state index is 11.9. The molecular formula is C16H22N2O5. The monoisotopic (exact) mass is 322 g/mol. The minimum atomic E-state index is -0.798. The highest BCUT2D eigenvalue weighted by Crippen LogP contribution is 2.08. The number of nitrogens with one attached hydrogen (secondary N) is 2. The first-order chi connectivity index (χ1) is 11.2. The summed E-state index contributed by atoms with van der Waals surface area (Å²) in [6.07, 6.45) is -0.476. The van der Waals surface area contributed by atoms with Crippen molar-refractivity contribution in [1.29, 1.82) is 0 Å². The Kier molecular flexibility index (Phi) is 6.83. The van der Waals surface area contributed by atoms with Crippen LogP contribution in [0.4, 0.5) is 4.79 Å². The zero-order valence-corrected chi connectivity index (χ0v) is 13.1. The Labute approximate surface area is 135 Å². The zero-order chi connectivity index (χ0) is 16.5. The Morgan fingerprint density at radius 1 is 1.39 bits per heavy atom. The predicted octanol–water partition coefficient (Wildman–Crippen LogP) is 0.833. The molecule has 7 nitrogen and oxygen atoms in total. The number of hydrogen-bond donors (Lipinski definition) is 2. The summed E-state index contributed by atoms with van der Waals surface area (Å²) < 4.78 is 15.4. The molecule has 0 saturated carbocycles. The molecule has 1 aliphatic heterocycles. The molecule has 23 heavy (non-hydrogen) atoms. The van der Waals surface area contributed by atoms with Crippen molar-refractivity contribution >= 4 is 12.1 Å². The molecular weight excluding hydrogens is 300 g/mol. The lowest BCUT2D eigenvalue weighted by molar-refractivity contribution is -0.144. The molecule has 2 atom stereocenters. The highest BCUT2D eigenvalue weighted by molar-refractivity contribution is 5.81. The van der Waals surface area contributed by atoms with Crippen LogP contribution in [-0.2, 0) is 25.6 Å². The summed E-state index contributed by atoms with van der Waals surface area (Å²) in [5.74, 6) is -0.518. The van der Waals surface area contributed by atoms with Gasteiger partial charge < -0.3 is 24.8 Å². The van der Waals surface area contributed by atoms with Gasteiger partial charge in [0.05, 0.1) is 19.8 Å². The number of methoxy groups -OCH3 is 1. The predicted molar refractivity (Wildman–Crippen MR) is 82.8 cm³/mol. The van der Waals surface area contributed by atoms with Gasteiger partial charge in [0.2, 0.25) is 0 Å². The van der Waals surface area contributed by atoms with Gasteiger partial charge >= 0.3 is 12.1 Å². The second-order valence-electron chi connectivity index (χ2n) is 5.21. The maximum Gasteiger partial charge on any atom is 0.408 e. The van der Waals surface area contributed by atoms with E-state index in [0.717, 1.165) is 12.1 Å². The lowest BCUT2D eigenvalue weighted by atomic mass is 10.1. The lowest BCUT2D eigenvalue weighted by Gasteiger charge is -2.26. The van der Waals surface area contributed by atoms with Gasteiger partial charge in [0, 0.05) is 19.5 Å². The molecule has 1 saturated heterocycles. The standard InChI is InChI=1S/C16H22N2O5/c1-21-15(19)14(9-13-10-17-7-8-22-13)18-16(20)23-11-12-5-3-2-4-6-12/h2-6,13-14,17H,7-11H2,1H3,(H,18,20). The smallest absolute Gasteiger partial charge is 0.408 e. The first-order valence-corrected chi connectivity index (χ1v) is 7.56. The van der Waals surface area contributed by atoms with Crippen LogP contribution in [0.1, 0.15) is 12.0 Å². The first kappa shape index (κ1) is 17.2. The van der Waals surface area contributed by atoms with Crippen LogP contribution in [0, 0.1) is 0 Å². The van der Waals surface area contributed by atoms with Crippen LogP contribution in [0.25, 0.3) is 0 Å². The second kappa shape index (κ2) is 9.12. The molecule has 2 rings (SSSR count). The van der Waals surface area contributed by atoms with E-state index in [1.54, 1.807) is 0 Å². The molecule has 2 N–H and O–H groups in total. The molecule has 1 aromatic rings. The molecule has 1 fully saturated rings. The molecule has 1 aliphatic rings. The number of hydrogen-bond acceptors (Lipinski definition) is 6. The molecule has 0 radical (unpaired) electrons. The Balaban J connectivity index is 1.83. The number of benzene rings is 1. The number of alkyl carbamates (subject to hydrolysis) is 1. The van der Waals surface area contributed by atoms with Crippen LogP contribution in [0.5, 0.6) is 0 Å². The van der Waals surface area contributed by atoms with Crippen molar-refractivity contribution < 1.29 is 23.8 Å². The van der Waals surface area contributed by atoms with E-state index in [0.29, 0.717) is 19.6 Å². The van der Waals surface area contributed by atoms with Gasteiger partial charge in [-0.2, -0.15) is 0 Å². The third-order valence-electron chi connectivity index (χ3n) is 3.49. The van der Waals surface area contributed by atoms with Gasteiger partial charge in [-0.25, -0.2) is 9.59 Å². The highest BCUT2D eigenvalue weighted by atomic mass is 16.6. The molecule has 1 heterocycles. The fourth-order valence-electron chi connectivity index (χ4n) is 2.30. The number of morpholine rings is 1. The van der Waals surface area contributed by atoms with E-state index in [1.165, 1.54) is 7.11 Å². The van der Waals surface area contributed by atoms with E-state index in [2.05, 4.69) is 10.6 Å². The van der Waals surface area contributed by atoms with Crippen LogP contribution < -0.4 is 10.6 Å². The minimum Gasteiger partial charge on any atom is -0.467 e. The van der Waals surface area contributed by atoms with E-state index in [1.807, 2.05) is 30.3 Å². The van der Waals surface area contributed by atoms with Gasteiger partial charge in [-0.3, -0.25) is 0 Å². The van der Waals surface area contributed by atoms with Crippen molar-refractivity contribution in [2.24, 2.45) is 0 Å². The van der Waals surface area contributed by atoms with E-state index in [-0.39, 0.29) is 12.7 Å². The fourth-order valence-corrected chi connectivity index (χ4v) is 2.30. The van der Waals surface area contributed by atoms with Crippen molar-refractivity contribution in [3.05, 3.63) is 35.9 Å². The van der Waals surface area contributed by atoms with Crippen LogP contribution in [0.15, 0.2) is 30.3 Å². The van der Waals surface area contributed by atoms with Crippen molar-refractivity contribution in [1.82, 2.24) is 10.6 Å². The summed E-state index contributed by atoms with van der Waals surface area (Å²) in [7, 11) is 1.28. The number of carbonyl (C=O) groups is 2. The molecule has 0 aromatic heterocycles. The lowest BCUT2D eigenvalue weighted by Crippen LogP contribution is -2.48. The highest BCUT2D eigenvalue weighted by Gasteiger charge is 2.27. The van der Waals surface area contributed by atoms with Gasteiger partial charge in [-0.05, 0) is 5.56 Å². The SMILES string of the molecule is COC(=O)C(CC1CNCCO1)NC(=O)OCc1ccccc1. The minimum absolute atomic E-state index is 0.141. The second-order valence-corrected chi connectivity index (χ2v) is 5.21. The van der Waals surface area contributed by atoms with Crippen LogP contribution in [0.2, 0.25) is 0 Å². The summed E-state index contributed by atoms with van der Waals surface area (Å²) in [4.78, 5) is 23.7. The molecule has 7 heteroatoms.